The van der Waals surface area contributed by atoms with E-state index in [1.165, 1.54) is 4.90 Å². The standard InChI is InChI=1S/C21H23ClN2O3/c22-17-11-5-6-12-18(17)24(15-19(25)23-13-7-2-8-14-23)21(27)20(26)16-9-3-1-4-10-16/h1,3-6,9-12,20,26H,2,7-8,13-15H2. The number of anilines is 1. The van der Waals surface area contributed by atoms with Gasteiger partial charge in [-0.15, -0.1) is 0 Å². The number of para-hydroxylation sites is 1. The highest BCUT2D eigenvalue weighted by molar-refractivity contribution is 6.34. The summed E-state index contributed by atoms with van der Waals surface area (Å²) < 4.78 is 0. The first-order chi connectivity index (χ1) is 13.1. The number of carbonyl (C=O) groups is 2. The number of rotatable bonds is 5. The number of carbonyl (C=O) groups excluding carboxylic acids is 2. The summed E-state index contributed by atoms with van der Waals surface area (Å²) in [6.45, 7) is 1.25. The molecule has 0 aromatic heterocycles. The van der Waals surface area contributed by atoms with Crippen LogP contribution >= 0.6 is 11.6 Å². The van der Waals surface area contributed by atoms with E-state index >= 15 is 0 Å². The molecular formula is C21H23ClN2O3. The summed E-state index contributed by atoms with van der Waals surface area (Å²) >= 11 is 6.28. The van der Waals surface area contributed by atoms with Gasteiger partial charge in [-0.25, -0.2) is 0 Å². The summed E-state index contributed by atoms with van der Waals surface area (Å²) in [4.78, 5) is 28.9. The Bertz CT molecular complexity index is 791. The van der Waals surface area contributed by atoms with Crippen molar-refractivity contribution in [3.05, 3.63) is 65.2 Å². The summed E-state index contributed by atoms with van der Waals surface area (Å²) in [5.41, 5.74) is 0.898. The van der Waals surface area contributed by atoms with Crippen LogP contribution in [0.1, 0.15) is 30.9 Å². The maximum Gasteiger partial charge on any atom is 0.260 e. The molecule has 0 radical (unpaired) electrons. The number of benzene rings is 2. The van der Waals surface area contributed by atoms with Crippen LogP contribution in [0, 0.1) is 0 Å². The van der Waals surface area contributed by atoms with Crippen LogP contribution in [0.3, 0.4) is 0 Å². The Kier molecular flexibility index (Phi) is 6.48. The zero-order valence-electron chi connectivity index (χ0n) is 15.1. The molecule has 2 amide bonds. The fraction of sp³-hybridized carbons (Fsp3) is 0.333. The fourth-order valence-corrected chi connectivity index (χ4v) is 3.49. The molecule has 1 heterocycles. The molecule has 142 valence electrons. The lowest BCUT2D eigenvalue weighted by molar-refractivity contribution is -0.134. The number of aliphatic hydroxyl groups excluding tert-OH is 1. The lowest BCUT2D eigenvalue weighted by atomic mass is 10.1. The van der Waals surface area contributed by atoms with Crippen LogP contribution in [0.25, 0.3) is 0 Å². The summed E-state index contributed by atoms with van der Waals surface area (Å²) in [6.07, 6.45) is 1.69. The van der Waals surface area contributed by atoms with Crippen LogP contribution in [0.2, 0.25) is 5.02 Å². The summed E-state index contributed by atoms with van der Waals surface area (Å²) in [5.74, 6) is -0.706. The van der Waals surface area contributed by atoms with Crippen molar-refractivity contribution in [2.24, 2.45) is 0 Å². The molecule has 0 saturated carbocycles. The van der Waals surface area contributed by atoms with Crippen LogP contribution in [-0.4, -0.2) is 41.5 Å². The van der Waals surface area contributed by atoms with Gasteiger partial charge in [0.2, 0.25) is 5.91 Å². The van der Waals surface area contributed by atoms with Crippen LogP contribution < -0.4 is 4.90 Å². The Hall–Kier alpha value is -2.37. The molecule has 5 nitrogen and oxygen atoms in total. The van der Waals surface area contributed by atoms with Gasteiger partial charge in [-0.2, -0.15) is 0 Å². The summed E-state index contributed by atoms with van der Waals surface area (Å²) in [7, 11) is 0. The predicted molar refractivity (Wildman–Crippen MR) is 106 cm³/mol. The molecule has 0 bridgehead atoms. The van der Waals surface area contributed by atoms with E-state index in [2.05, 4.69) is 0 Å². The van der Waals surface area contributed by atoms with Crippen LogP contribution in [0.5, 0.6) is 0 Å². The molecule has 1 fully saturated rings. The molecule has 6 heteroatoms. The van der Waals surface area contributed by atoms with Crippen LogP contribution in [0.15, 0.2) is 54.6 Å². The number of amides is 2. The zero-order chi connectivity index (χ0) is 19.2. The highest BCUT2D eigenvalue weighted by atomic mass is 35.5. The minimum Gasteiger partial charge on any atom is -0.378 e. The Morgan fingerprint density at radius 2 is 1.63 bits per heavy atom. The first-order valence-corrected chi connectivity index (χ1v) is 9.52. The first kappa shape index (κ1) is 19.4. The van der Waals surface area contributed by atoms with Crippen molar-refractivity contribution in [1.82, 2.24) is 4.90 Å². The van der Waals surface area contributed by atoms with Gasteiger partial charge in [0.15, 0.2) is 6.10 Å². The molecule has 2 aromatic rings. The predicted octanol–water partition coefficient (Wildman–Crippen LogP) is 3.42. The SMILES string of the molecule is O=C(CN(C(=O)C(O)c1ccccc1)c1ccccc1Cl)N1CCCCC1. The quantitative estimate of drug-likeness (QED) is 0.856. The van der Waals surface area contributed by atoms with Gasteiger partial charge in [-0.05, 0) is 37.0 Å². The van der Waals surface area contributed by atoms with E-state index < -0.39 is 12.0 Å². The van der Waals surface area contributed by atoms with Crippen molar-refractivity contribution in [3.8, 4) is 0 Å². The molecule has 1 N–H and O–H groups in total. The number of likely N-dealkylation sites (tertiary alicyclic amines) is 1. The van der Waals surface area contributed by atoms with E-state index in [9.17, 15) is 14.7 Å². The van der Waals surface area contributed by atoms with Gasteiger partial charge >= 0.3 is 0 Å². The fourth-order valence-electron chi connectivity index (χ4n) is 3.26. The van der Waals surface area contributed by atoms with Crippen molar-refractivity contribution in [3.63, 3.8) is 0 Å². The second-order valence-electron chi connectivity index (χ2n) is 6.63. The Morgan fingerprint density at radius 3 is 2.30 bits per heavy atom. The normalized spacial score (nSPS) is 15.3. The minimum atomic E-state index is -1.36. The number of nitrogens with zero attached hydrogens (tertiary/aromatic N) is 2. The van der Waals surface area contributed by atoms with Gasteiger partial charge in [-0.3, -0.25) is 14.5 Å². The summed E-state index contributed by atoms with van der Waals surface area (Å²) in [5, 5.41) is 10.9. The molecule has 0 spiro atoms. The Labute approximate surface area is 164 Å². The maximum atomic E-state index is 13.1. The van der Waals surface area contributed by atoms with E-state index in [1.807, 2.05) is 6.07 Å². The number of piperidine rings is 1. The third kappa shape index (κ3) is 4.67. The zero-order valence-corrected chi connectivity index (χ0v) is 15.8. The topological polar surface area (TPSA) is 60.9 Å². The van der Waals surface area contributed by atoms with Crippen molar-refractivity contribution in [2.45, 2.75) is 25.4 Å². The monoisotopic (exact) mass is 386 g/mol. The van der Waals surface area contributed by atoms with Gasteiger partial charge in [0.25, 0.3) is 5.91 Å². The molecule has 27 heavy (non-hydrogen) atoms. The van der Waals surface area contributed by atoms with Crippen molar-refractivity contribution < 1.29 is 14.7 Å². The van der Waals surface area contributed by atoms with Crippen molar-refractivity contribution >= 4 is 29.1 Å². The lowest BCUT2D eigenvalue weighted by Gasteiger charge is -2.31. The number of hydrogen-bond acceptors (Lipinski definition) is 3. The number of aliphatic hydroxyl groups is 1. The van der Waals surface area contributed by atoms with Crippen molar-refractivity contribution in [2.75, 3.05) is 24.5 Å². The van der Waals surface area contributed by atoms with E-state index in [0.717, 1.165) is 19.3 Å². The third-order valence-electron chi connectivity index (χ3n) is 4.76. The largest absolute Gasteiger partial charge is 0.378 e. The average Bonchev–Trinajstić information content (AvgIpc) is 2.72. The maximum absolute atomic E-state index is 13.1. The second kappa shape index (κ2) is 9.02. The van der Waals surface area contributed by atoms with E-state index in [4.69, 9.17) is 11.6 Å². The van der Waals surface area contributed by atoms with Gasteiger partial charge in [-0.1, -0.05) is 54.1 Å². The van der Waals surface area contributed by atoms with E-state index in [-0.39, 0.29) is 12.5 Å². The van der Waals surface area contributed by atoms with E-state index in [0.29, 0.717) is 29.4 Å². The molecule has 1 atom stereocenters. The Balaban J connectivity index is 1.86. The molecule has 3 rings (SSSR count). The van der Waals surface area contributed by atoms with Crippen LogP contribution in [-0.2, 0) is 9.59 Å². The van der Waals surface area contributed by atoms with E-state index in [1.54, 1.807) is 53.4 Å². The number of hydrogen-bond donors (Lipinski definition) is 1. The average molecular weight is 387 g/mol. The number of halogens is 1. The smallest absolute Gasteiger partial charge is 0.260 e. The second-order valence-corrected chi connectivity index (χ2v) is 7.04. The molecule has 2 aromatic carbocycles. The lowest BCUT2D eigenvalue weighted by Crippen LogP contribution is -2.46. The van der Waals surface area contributed by atoms with Crippen molar-refractivity contribution in [1.29, 1.82) is 0 Å². The minimum absolute atomic E-state index is 0.136. The first-order valence-electron chi connectivity index (χ1n) is 9.14. The molecule has 0 aliphatic carbocycles. The van der Waals surface area contributed by atoms with Gasteiger partial charge in [0.05, 0.1) is 10.7 Å². The molecule has 1 aliphatic heterocycles. The van der Waals surface area contributed by atoms with Crippen LogP contribution in [0.4, 0.5) is 5.69 Å². The highest BCUT2D eigenvalue weighted by Gasteiger charge is 2.29. The molecule has 1 saturated heterocycles. The third-order valence-corrected chi connectivity index (χ3v) is 5.08. The van der Waals surface area contributed by atoms with Gasteiger partial charge < -0.3 is 10.0 Å². The Morgan fingerprint density at radius 1 is 1.00 bits per heavy atom. The highest BCUT2D eigenvalue weighted by Crippen LogP contribution is 2.28. The molecular weight excluding hydrogens is 364 g/mol. The van der Waals surface area contributed by atoms with Gasteiger partial charge in [0.1, 0.15) is 6.54 Å². The molecule has 1 unspecified atom stereocenters. The van der Waals surface area contributed by atoms with Gasteiger partial charge in [0, 0.05) is 13.1 Å². The summed E-state index contributed by atoms with van der Waals surface area (Å²) in [6, 6.07) is 15.5. The molecule has 1 aliphatic rings.